The number of benzene rings is 1. The lowest BCUT2D eigenvalue weighted by atomic mass is 10.0. The van der Waals surface area contributed by atoms with Crippen LogP contribution in [0.2, 0.25) is 0 Å². The minimum atomic E-state index is -0.121. The predicted molar refractivity (Wildman–Crippen MR) is 57.1 cm³/mol. The Labute approximate surface area is 89.6 Å². The fraction of sp³-hybridized carbons (Fsp3) is 0.417. The van der Waals surface area contributed by atoms with E-state index in [0.29, 0.717) is 6.61 Å². The number of nitrogens with zero attached hydrogens (tertiary/aromatic N) is 1. The Bertz CT molecular complexity index is 331. The van der Waals surface area contributed by atoms with Crippen molar-refractivity contribution in [2.75, 3.05) is 13.2 Å². The first-order valence-corrected chi connectivity index (χ1v) is 5.28. The smallest absolute Gasteiger partial charge is 0.253 e. The number of carbonyl (C=O) groups is 1. The maximum atomic E-state index is 11.9. The topological polar surface area (TPSA) is 29.5 Å². The van der Waals surface area contributed by atoms with Crippen LogP contribution < -0.4 is 0 Å². The zero-order valence-electron chi connectivity index (χ0n) is 8.85. The van der Waals surface area contributed by atoms with Gasteiger partial charge in [0.1, 0.15) is 0 Å². The van der Waals surface area contributed by atoms with E-state index >= 15 is 0 Å². The molecule has 1 aliphatic rings. The fourth-order valence-electron chi connectivity index (χ4n) is 1.72. The molecule has 2 rings (SSSR count). The third kappa shape index (κ3) is 2.18. The second kappa shape index (κ2) is 4.45. The molecule has 1 aromatic rings. The Kier molecular flexibility index (Phi) is 3.02. The van der Waals surface area contributed by atoms with Gasteiger partial charge < -0.3 is 0 Å². The molecular formula is C12H15NO2. The third-order valence-electron chi connectivity index (χ3n) is 2.67. The van der Waals surface area contributed by atoms with Crippen molar-refractivity contribution in [3.8, 4) is 0 Å². The molecule has 1 atom stereocenters. The van der Waals surface area contributed by atoms with E-state index < -0.39 is 0 Å². The zero-order chi connectivity index (χ0) is 10.7. The second-order valence-electron chi connectivity index (χ2n) is 3.76. The lowest BCUT2D eigenvalue weighted by molar-refractivity contribution is -0.170. The SMILES string of the molecule is CC(C(=O)N1CCCO1)c1ccccc1. The molecule has 0 bridgehead atoms. The molecule has 3 nitrogen and oxygen atoms in total. The minimum Gasteiger partial charge on any atom is -0.272 e. The predicted octanol–water partition coefficient (Wildman–Crippen LogP) is 1.95. The summed E-state index contributed by atoms with van der Waals surface area (Å²) in [5.74, 6) is -0.0667. The van der Waals surface area contributed by atoms with E-state index in [0.717, 1.165) is 18.5 Å². The highest BCUT2D eigenvalue weighted by Gasteiger charge is 2.25. The average molecular weight is 205 g/mol. The molecule has 1 aromatic carbocycles. The molecule has 0 saturated carbocycles. The molecule has 1 heterocycles. The Balaban J connectivity index is 2.07. The lowest BCUT2D eigenvalue weighted by Gasteiger charge is -2.18. The van der Waals surface area contributed by atoms with Crippen molar-refractivity contribution in [3.63, 3.8) is 0 Å². The van der Waals surface area contributed by atoms with Crippen LogP contribution in [0.15, 0.2) is 30.3 Å². The van der Waals surface area contributed by atoms with Gasteiger partial charge in [-0.2, -0.15) is 0 Å². The summed E-state index contributed by atoms with van der Waals surface area (Å²) < 4.78 is 0. The molecule has 1 amide bonds. The van der Waals surface area contributed by atoms with Gasteiger partial charge in [0, 0.05) is 0 Å². The van der Waals surface area contributed by atoms with Crippen LogP contribution >= 0.6 is 0 Å². The molecular weight excluding hydrogens is 190 g/mol. The van der Waals surface area contributed by atoms with Gasteiger partial charge >= 0.3 is 0 Å². The molecule has 1 fully saturated rings. The average Bonchev–Trinajstić information content (AvgIpc) is 2.82. The highest BCUT2D eigenvalue weighted by Crippen LogP contribution is 2.19. The molecule has 1 saturated heterocycles. The van der Waals surface area contributed by atoms with Crippen LogP contribution in [0, 0.1) is 0 Å². The first-order valence-electron chi connectivity index (χ1n) is 5.28. The molecule has 0 N–H and O–H groups in total. The van der Waals surface area contributed by atoms with Crippen LogP contribution in [-0.4, -0.2) is 24.1 Å². The normalized spacial score (nSPS) is 17.8. The van der Waals surface area contributed by atoms with Gasteiger partial charge in [-0.25, -0.2) is 5.06 Å². The first-order chi connectivity index (χ1) is 7.29. The van der Waals surface area contributed by atoms with Crippen molar-refractivity contribution in [2.45, 2.75) is 19.3 Å². The standard InChI is InChI=1S/C12H15NO2/c1-10(11-6-3-2-4-7-11)12(14)13-8-5-9-15-13/h2-4,6-7,10H,5,8-9H2,1H3. The number of carbonyl (C=O) groups excluding carboxylic acids is 1. The molecule has 0 radical (unpaired) electrons. The summed E-state index contributed by atoms with van der Waals surface area (Å²) in [7, 11) is 0. The summed E-state index contributed by atoms with van der Waals surface area (Å²) in [5, 5.41) is 1.48. The van der Waals surface area contributed by atoms with Crippen molar-refractivity contribution >= 4 is 5.91 Å². The maximum Gasteiger partial charge on any atom is 0.253 e. The van der Waals surface area contributed by atoms with Gasteiger partial charge in [0.2, 0.25) is 0 Å². The Morgan fingerprint density at radius 2 is 2.13 bits per heavy atom. The summed E-state index contributed by atoms with van der Waals surface area (Å²) in [6.07, 6.45) is 0.938. The molecule has 0 aromatic heterocycles. The van der Waals surface area contributed by atoms with E-state index in [2.05, 4.69) is 0 Å². The number of rotatable bonds is 2. The highest BCUT2D eigenvalue weighted by atomic mass is 16.7. The van der Waals surface area contributed by atoms with E-state index in [4.69, 9.17) is 4.84 Å². The van der Waals surface area contributed by atoms with Gasteiger partial charge in [0.15, 0.2) is 0 Å². The van der Waals surface area contributed by atoms with Crippen molar-refractivity contribution in [3.05, 3.63) is 35.9 Å². The van der Waals surface area contributed by atoms with Gasteiger partial charge in [-0.05, 0) is 18.9 Å². The number of hydrogen-bond donors (Lipinski definition) is 0. The van der Waals surface area contributed by atoms with E-state index in [1.807, 2.05) is 37.3 Å². The summed E-state index contributed by atoms with van der Waals surface area (Å²) in [4.78, 5) is 17.2. The summed E-state index contributed by atoms with van der Waals surface area (Å²) >= 11 is 0. The van der Waals surface area contributed by atoms with Crippen molar-refractivity contribution < 1.29 is 9.63 Å². The Hall–Kier alpha value is -1.35. The molecule has 1 aliphatic heterocycles. The van der Waals surface area contributed by atoms with Gasteiger partial charge in [-0.1, -0.05) is 30.3 Å². The molecule has 0 spiro atoms. The number of hydrogen-bond acceptors (Lipinski definition) is 2. The summed E-state index contributed by atoms with van der Waals surface area (Å²) in [5.41, 5.74) is 1.04. The molecule has 0 aliphatic carbocycles. The first kappa shape index (κ1) is 10.2. The maximum absolute atomic E-state index is 11.9. The Morgan fingerprint density at radius 3 is 2.73 bits per heavy atom. The van der Waals surface area contributed by atoms with Crippen LogP contribution in [-0.2, 0) is 9.63 Å². The van der Waals surface area contributed by atoms with E-state index in [1.165, 1.54) is 5.06 Å². The van der Waals surface area contributed by atoms with Crippen molar-refractivity contribution in [1.82, 2.24) is 5.06 Å². The number of hydroxylamine groups is 2. The number of amides is 1. The summed E-state index contributed by atoms with van der Waals surface area (Å²) in [6.45, 7) is 3.29. The van der Waals surface area contributed by atoms with Crippen molar-refractivity contribution in [2.24, 2.45) is 0 Å². The van der Waals surface area contributed by atoms with Crippen LogP contribution in [0.4, 0.5) is 0 Å². The molecule has 15 heavy (non-hydrogen) atoms. The van der Waals surface area contributed by atoms with Gasteiger partial charge in [-0.3, -0.25) is 9.63 Å². The lowest BCUT2D eigenvalue weighted by Crippen LogP contribution is -2.30. The zero-order valence-corrected chi connectivity index (χ0v) is 8.85. The van der Waals surface area contributed by atoms with Gasteiger partial charge in [0.05, 0.1) is 19.1 Å². The molecule has 3 heteroatoms. The van der Waals surface area contributed by atoms with Gasteiger partial charge in [-0.15, -0.1) is 0 Å². The summed E-state index contributed by atoms with van der Waals surface area (Å²) in [6, 6.07) is 9.79. The van der Waals surface area contributed by atoms with E-state index in [9.17, 15) is 4.79 Å². The molecule has 1 unspecified atom stereocenters. The van der Waals surface area contributed by atoms with E-state index in [-0.39, 0.29) is 11.8 Å². The van der Waals surface area contributed by atoms with Crippen LogP contribution in [0.1, 0.15) is 24.8 Å². The minimum absolute atomic E-state index is 0.0544. The van der Waals surface area contributed by atoms with Crippen LogP contribution in [0.5, 0.6) is 0 Å². The van der Waals surface area contributed by atoms with Crippen LogP contribution in [0.25, 0.3) is 0 Å². The van der Waals surface area contributed by atoms with Crippen molar-refractivity contribution in [1.29, 1.82) is 0 Å². The Morgan fingerprint density at radius 1 is 1.40 bits per heavy atom. The third-order valence-corrected chi connectivity index (χ3v) is 2.67. The molecule has 80 valence electrons. The largest absolute Gasteiger partial charge is 0.272 e. The van der Waals surface area contributed by atoms with Gasteiger partial charge in [0.25, 0.3) is 5.91 Å². The fourth-order valence-corrected chi connectivity index (χ4v) is 1.72. The monoisotopic (exact) mass is 205 g/mol. The van der Waals surface area contributed by atoms with E-state index in [1.54, 1.807) is 0 Å². The second-order valence-corrected chi connectivity index (χ2v) is 3.76. The van der Waals surface area contributed by atoms with Crippen LogP contribution in [0.3, 0.4) is 0 Å². The quantitative estimate of drug-likeness (QED) is 0.738. The highest BCUT2D eigenvalue weighted by molar-refractivity contribution is 5.82.